The van der Waals surface area contributed by atoms with E-state index in [4.69, 9.17) is 11.6 Å². The fourth-order valence-corrected chi connectivity index (χ4v) is 5.63. The molecule has 3 rings (SSSR count). The van der Waals surface area contributed by atoms with Crippen molar-refractivity contribution in [3.05, 3.63) is 94.5 Å². The average molecular weight is 570 g/mol. The number of carbonyl (C=O) groups is 2. The van der Waals surface area contributed by atoms with E-state index < -0.39 is 28.5 Å². The standard InChI is InChI=1S/C30H36ClN3O4S/c1-6-23(4)32-30(36)24(5)33(19-25-13-11-21(2)12-14-25)29(35)20-34(28-10-8-7-9-22(28)3)39(37,38)27-17-15-26(31)16-18-27/h7-18,23-24H,6,19-20H2,1-5H3,(H,32,36)/t23-,24+/m1/s1. The number of sulfonamides is 1. The number of halogens is 1. The zero-order chi connectivity index (χ0) is 28.7. The molecule has 0 spiro atoms. The molecule has 0 saturated heterocycles. The monoisotopic (exact) mass is 569 g/mol. The number of nitrogens with zero attached hydrogens (tertiary/aromatic N) is 2. The molecule has 0 unspecified atom stereocenters. The Morgan fingerprint density at radius 3 is 2.13 bits per heavy atom. The third kappa shape index (κ3) is 7.61. The number of hydrogen-bond acceptors (Lipinski definition) is 4. The van der Waals surface area contributed by atoms with E-state index in [1.807, 2.05) is 45.0 Å². The highest BCUT2D eigenvalue weighted by Gasteiger charge is 2.33. The summed E-state index contributed by atoms with van der Waals surface area (Å²) in [5, 5.41) is 3.34. The zero-order valence-corrected chi connectivity index (χ0v) is 24.6. The molecule has 0 fully saturated rings. The molecule has 0 radical (unpaired) electrons. The molecule has 0 saturated carbocycles. The Bertz CT molecular complexity index is 1390. The molecule has 7 nitrogen and oxygen atoms in total. The number of para-hydroxylation sites is 1. The summed E-state index contributed by atoms with van der Waals surface area (Å²) in [5.41, 5.74) is 2.97. The number of anilines is 1. The minimum atomic E-state index is -4.14. The van der Waals surface area contributed by atoms with Crippen LogP contribution in [0.5, 0.6) is 0 Å². The van der Waals surface area contributed by atoms with Crippen LogP contribution in [0.2, 0.25) is 5.02 Å². The third-order valence-corrected chi connectivity index (χ3v) is 8.73. The molecule has 1 N–H and O–H groups in total. The SMILES string of the molecule is CC[C@@H](C)NC(=O)[C@H](C)N(Cc1ccc(C)cc1)C(=O)CN(c1ccccc1C)S(=O)(=O)c1ccc(Cl)cc1. The predicted molar refractivity (Wildman–Crippen MR) is 156 cm³/mol. The molecule has 0 aliphatic carbocycles. The Morgan fingerprint density at radius 2 is 1.54 bits per heavy atom. The summed E-state index contributed by atoms with van der Waals surface area (Å²) < 4.78 is 28.8. The number of amides is 2. The molecule has 0 bridgehead atoms. The van der Waals surface area contributed by atoms with Crippen molar-refractivity contribution in [1.29, 1.82) is 0 Å². The van der Waals surface area contributed by atoms with E-state index in [1.165, 1.54) is 29.2 Å². The molecule has 0 heterocycles. The molecule has 9 heteroatoms. The summed E-state index contributed by atoms with van der Waals surface area (Å²) >= 11 is 6.00. The topological polar surface area (TPSA) is 86.8 Å². The van der Waals surface area contributed by atoms with E-state index in [2.05, 4.69) is 5.32 Å². The fraction of sp³-hybridized carbons (Fsp3) is 0.333. The lowest BCUT2D eigenvalue weighted by molar-refractivity contribution is -0.139. The second kappa shape index (κ2) is 13.1. The van der Waals surface area contributed by atoms with Gasteiger partial charge in [0.1, 0.15) is 12.6 Å². The van der Waals surface area contributed by atoms with Crippen LogP contribution in [0.1, 0.15) is 43.9 Å². The quantitative estimate of drug-likeness (QED) is 0.331. The number of carbonyl (C=O) groups excluding carboxylic acids is 2. The van der Waals surface area contributed by atoms with Crippen LogP contribution < -0.4 is 9.62 Å². The van der Waals surface area contributed by atoms with Crippen molar-refractivity contribution in [1.82, 2.24) is 10.2 Å². The maximum absolute atomic E-state index is 14.0. The molecule has 2 amide bonds. The van der Waals surface area contributed by atoms with Crippen molar-refractivity contribution in [3.63, 3.8) is 0 Å². The summed E-state index contributed by atoms with van der Waals surface area (Å²) in [6.45, 7) is 8.95. The molecule has 0 aromatic heterocycles. The third-order valence-electron chi connectivity index (χ3n) is 6.71. The van der Waals surface area contributed by atoms with Crippen molar-refractivity contribution in [3.8, 4) is 0 Å². The second-order valence-corrected chi connectivity index (χ2v) is 12.1. The van der Waals surface area contributed by atoms with Gasteiger partial charge in [-0.05, 0) is 75.6 Å². The van der Waals surface area contributed by atoms with Gasteiger partial charge in [0.05, 0.1) is 10.6 Å². The number of benzene rings is 3. The number of rotatable bonds is 11. The van der Waals surface area contributed by atoms with Gasteiger partial charge in [-0.1, -0.05) is 66.6 Å². The van der Waals surface area contributed by atoms with Crippen LogP contribution in [0.25, 0.3) is 0 Å². The smallest absolute Gasteiger partial charge is 0.264 e. The van der Waals surface area contributed by atoms with E-state index in [1.54, 1.807) is 38.1 Å². The van der Waals surface area contributed by atoms with Gasteiger partial charge in [-0.3, -0.25) is 13.9 Å². The largest absolute Gasteiger partial charge is 0.352 e. The number of aryl methyl sites for hydroxylation is 2. The summed E-state index contributed by atoms with van der Waals surface area (Å²) in [6.07, 6.45) is 0.741. The number of nitrogens with one attached hydrogen (secondary N) is 1. The molecular weight excluding hydrogens is 534 g/mol. The highest BCUT2D eigenvalue weighted by atomic mass is 35.5. The van der Waals surface area contributed by atoms with Crippen molar-refractivity contribution in [2.75, 3.05) is 10.8 Å². The molecule has 3 aromatic carbocycles. The van der Waals surface area contributed by atoms with Gasteiger partial charge in [0.25, 0.3) is 10.0 Å². The van der Waals surface area contributed by atoms with E-state index in [9.17, 15) is 18.0 Å². The molecule has 0 aliphatic heterocycles. The average Bonchev–Trinajstić information content (AvgIpc) is 2.91. The minimum absolute atomic E-state index is 0.00981. The summed E-state index contributed by atoms with van der Waals surface area (Å²) in [7, 11) is -4.14. The summed E-state index contributed by atoms with van der Waals surface area (Å²) in [5.74, 6) is -0.795. The van der Waals surface area contributed by atoms with Crippen LogP contribution in [0, 0.1) is 13.8 Å². The maximum atomic E-state index is 14.0. The molecular formula is C30H36ClN3O4S. The summed E-state index contributed by atoms with van der Waals surface area (Å²) in [6, 6.07) is 19.6. The maximum Gasteiger partial charge on any atom is 0.264 e. The Balaban J connectivity index is 2.03. The van der Waals surface area contributed by atoms with Gasteiger partial charge in [-0.15, -0.1) is 0 Å². The van der Waals surface area contributed by atoms with Gasteiger partial charge in [0, 0.05) is 17.6 Å². The van der Waals surface area contributed by atoms with E-state index in [0.717, 1.165) is 21.9 Å². The van der Waals surface area contributed by atoms with Gasteiger partial charge in [-0.25, -0.2) is 8.42 Å². The summed E-state index contributed by atoms with van der Waals surface area (Å²) in [4.78, 5) is 28.5. The van der Waals surface area contributed by atoms with Gasteiger partial charge in [0.15, 0.2) is 0 Å². The van der Waals surface area contributed by atoms with Gasteiger partial charge in [0.2, 0.25) is 11.8 Å². The minimum Gasteiger partial charge on any atom is -0.352 e. The second-order valence-electron chi connectivity index (χ2n) is 9.75. The fourth-order valence-electron chi connectivity index (χ4n) is 4.03. The van der Waals surface area contributed by atoms with E-state index in [0.29, 0.717) is 16.3 Å². The van der Waals surface area contributed by atoms with Crippen LogP contribution in [0.3, 0.4) is 0 Å². The van der Waals surface area contributed by atoms with Crippen LogP contribution in [-0.2, 0) is 26.2 Å². The van der Waals surface area contributed by atoms with Gasteiger partial charge < -0.3 is 10.2 Å². The van der Waals surface area contributed by atoms with Crippen molar-refractivity contribution < 1.29 is 18.0 Å². The first-order chi connectivity index (χ1) is 18.4. The molecule has 2 atom stereocenters. The van der Waals surface area contributed by atoms with Crippen molar-refractivity contribution >= 4 is 39.1 Å². The Kier molecular flexibility index (Phi) is 10.2. The first kappa shape index (κ1) is 30.2. The van der Waals surface area contributed by atoms with Gasteiger partial charge >= 0.3 is 0 Å². The van der Waals surface area contributed by atoms with Crippen LogP contribution >= 0.6 is 11.6 Å². The van der Waals surface area contributed by atoms with Crippen LogP contribution in [-0.4, -0.2) is 43.8 Å². The van der Waals surface area contributed by atoms with Crippen molar-refractivity contribution in [2.45, 2.75) is 64.6 Å². The zero-order valence-electron chi connectivity index (χ0n) is 23.0. The Hall–Kier alpha value is -3.36. The Labute approximate surface area is 236 Å². The Morgan fingerprint density at radius 1 is 0.923 bits per heavy atom. The lowest BCUT2D eigenvalue weighted by Crippen LogP contribution is -2.52. The first-order valence-electron chi connectivity index (χ1n) is 12.9. The molecule has 0 aliphatic rings. The van der Waals surface area contributed by atoms with Crippen molar-refractivity contribution in [2.24, 2.45) is 0 Å². The first-order valence-corrected chi connectivity index (χ1v) is 14.7. The lowest BCUT2D eigenvalue weighted by atomic mass is 10.1. The van der Waals surface area contributed by atoms with Crippen LogP contribution in [0.15, 0.2) is 77.7 Å². The molecule has 3 aromatic rings. The van der Waals surface area contributed by atoms with E-state index >= 15 is 0 Å². The highest BCUT2D eigenvalue weighted by molar-refractivity contribution is 7.92. The molecule has 39 heavy (non-hydrogen) atoms. The number of hydrogen-bond donors (Lipinski definition) is 1. The van der Waals surface area contributed by atoms with Crippen LogP contribution in [0.4, 0.5) is 5.69 Å². The predicted octanol–water partition coefficient (Wildman–Crippen LogP) is 5.48. The lowest BCUT2D eigenvalue weighted by Gasteiger charge is -2.33. The van der Waals surface area contributed by atoms with Gasteiger partial charge in [-0.2, -0.15) is 0 Å². The normalized spacial score (nSPS) is 12.9. The highest BCUT2D eigenvalue weighted by Crippen LogP contribution is 2.28. The molecule has 208 valence electrons. The van der Waals surface area contributed by atoms with E-state index in [-0.39, 0.29) is 23.4 Å².